The van der Waals surface area contributed by atoms with Crippen LogP contribution in [0.1, 0.15) is 24.1 Å². The third kappa shape index (κ3) is 2.63. The van der Waals surface area contributed by atoms with E-state index in [4.69, 9.17) is 5.11 Å². The van der Waals surface area contributed by atoms with Crippen LogP contribution in [0, 0.1) is 0 Å². The van der Waals surface area contributed by atoms with E-state index >= 15 is 0 Å². The molecule has 3 N–H and O–H groups in total. The van der Waals surface area contributed by atoms with Crippen LogP contribution in [0.5, 0.6) is 0 Å². The molecule has 2 rings (SSSR count). The number of aliphatic hydroxyl groups is 1. The number of aliphatic carboxylic acids is 1. The number of carboxylic acid groups (broad SMARTS) is 1. The smallest absolute Gasteiger partial charge is 0.323 e. The van der Waals surface area contributed by atoms with Crippen molar-refractivity contribution in [1.82, 2.24) is 4.72 Å². The molecule has 1 aromatic carbocycles. The lowest BCUT2D eigenvalue weighted by Gasteiger charge is -2.19. The van der Waals surface area contributed by atoms with Crippen LogP contribution in [-0.2, 0) is 21.2 Å². The molecule has 1 aliphatic carbocycles. The molecule has 0 radical (unpaired) electrons. The lowest BCUT2D eigenvalue weighted by molar-refractivity contribution is -0.136. The molecule has 0 spiro atoms. The Morgan fingerprint density at radius 2 is 2.05 bits per heavy atom. The summed E-state index contributed by atoms with van der Waals surface area (Å²) in [4.78, 5) is 10.8. The third-order valence-electron chi connectivity index (χ3n) is 3.31. The second-order valence-corrected chi connectivity index (χ2v) is 6.62. The molecule has 6 nitrogen and oxygen atoms in total. The third-order valence-corrected chi connectivity index (χ3v) is 5.02. The molecule has 0 fully saturated rings. The molecule has 0 saturated carbocycles. The highest BCUT2D eigenvalue weighted by atomic mass is 32.2. The molecule has 0 bridgehead atoms. The van der Waals surface area contributed by atoms with Crippen LogP contribution in [-0.4, -0.2) is 36.0 Å². The van der Waals surface area contributed by atoms with Gasteiger partial charge in [0.15, 0.2) is 5.25 Å². The molecule has 104 valence electrons. The fraction of sp³-hybridized carbons (Fsp3) is 0.417. The summed E-state index contributed by atoms with van der Waals surface area (Å²) in [7, 11) is -4.03. The van der Waals surface area contributed by atoms with Gasteiger partial charge in [-0.1, -0.05) is 24.3 Å². The first-order valence-corrected chi connectivity index (χ1v) is 7.37. The summed E-state index contributed by atoms with van der Waals surface area (Å²) >= 11 is 0. The molecule has 3 unspecified atom stereocenters. The SMILES string of the molecule is CC(C(=O)O)S(=O)(=O)NC1c2ccccc2CC1O. The van der Waals surface area contributed by atoms with Crippen molar-refractivity contribution in [3.8, 4) is 0 Å². The molecule has 3 atom stereocenters. The van der Waals surface area contributed by atoms with E-state index in [0.717, 1.165) is 12.5 Å². The normalized spacial score (nSPS) is 23.9. The Morgan fingerprint density at radius 1 is 1.42 bits per heavy atom. The Labute approximate surface area is 111 Å². The van der Waals surface area contributed by atoms with E-state index in [0.29, 0.717) is 12.0 Å². The van der Waals surface area contributed by atoms with Crippen LogP contribution in [0.25, 0.3) is 0 Å². The summed E-state index contributed by atoms with van der Waals surface area (Å²) in [6.07, 6.45) is -0.529. The van der Waals surface area contributed by atoms with Crippen LogP contribution < -0.4 is 4.72 Å². The van der Waals surface area contributed by atoms with Gasteiger partial charge in [-0.2, -0.15) is 0 Å². The lowest BCUT2D eigenvalue weighted by atomic mass is 10.1. The Bertz CT molecular complexity index is 598. The molecular weight excluding hydrogens is 270 g/mol. The van der Waals surface area contributed by atoms with E-state index in [1.165, 1.54) is 0 Å². The van der Waals surface area contributed by atoms with E-state index < -0.39 is 33.4 Å². The first-order valence-electron chi connectivity index (χ1n) is 5.82. The fourth-order valence-corrected chi connectivity index (χ4v) is 3.24. The zero-order chi connectivity index (χ0) is 14.2. The maximum Gasteiger partial charge on any atom is 0.323 e. The maximum atomic E-state index is 11.9. The standard InChI is InChI=1S/C12H15NO5S/c1-7(12(15)16)19(17,18)13-11-9-5-3-2-4-8(9)6-10(11)14/h2-5,7,10-11,13-14H,6H2,1H3,(H,15,16). The molecule has 19 heavy (non-hydrogen) atoms. The van der Waals surface area contributed by atoms with Crippen LogP contribution >= 0.6 is 0 Å². The first-order chi connectivity index (χ1) is 8.83. The molecule has 0 aromatic heterocycles. The van der Waals surface area contributed by atoms with Crippen molar-refractivity contribution in [2.24, 2.45) is 0 Å². The minimum atomic E-state index is -4.03. The minimum Gasteiger partial charge on any atom is -0.480 e. The van der Waals surface area contributed by atoms with Gasteiger partial charge >= 0.3 is 5.97 Å². The first kappa shape index (κ1) is 14.0. The predicted molar refractivity (Wildman–Crippen MR) is 68.0 cm³/mol. The van der Waals surface area contributed by atoms with Gasteiger partial charge in [-0.25, -0.2) is 13.1 Å². The van der Waals surface area contributed by atoms with Gasteiger partial charge in [0.05, 0.1) is 12.1 Å². The van der Waals surface area contributed by atoms with E-state index in [1.54, 1.807) is 12.1 Å². The van der Waals surface area contributed by atoms with Gasteiger partial charge in [-0.05, 0) is 18.1 Å². The van der Waals surface area contributed by atoms with E-state index in [9.17, 15) is 18.3 Å². The van der Waals surface area contributed by atoms with Crippen molar-refractivity contribution in [3.05, 3.63) is 35.4 Å². The lowest BCUT2D eigenvalue weighted by Crippen LogP contribution is -2.41. The zero-order valence-electron chi connectivity index (χ0n) is 10.3. The summed E-state index contributed by atoms with van der Waals surface area (Å²) in [6, 6.07) is 6.31. The number of fused-ring (bicyclic) bond motifs is 1. The quantitative estimate of drug-likeness (QED) is 0.724. The van der Waals surface area contributed by atoms with Gasteiger partial charge in [0.2, 0.25) is 10.0 Å². The molecular formula is C12H15NO5S. The summed E-state index contributed by atoms with van der Waals surface area (Å²) < 4.78 is 26.0. The number of carboxylic acids is 1. The minimum absolute atomic E-state index is 0.352. The van der Waals surface area contributed by atoms with Crippen LogP contribution in [0.15, 0.2) is 24.3 Å². The number of rotatable bonds is 4. The highest BCUT2D eigenvalue weighted by Gasteiger charge is 2.37. The van der Waals surface area contributed by atoms with Crippen molar-refractivity contribution in [2.45, 2.75) is 30.7 Å². The summed E-state index contributed by atoms with van der Waals surface area (Å²) in [5, 5.41) is 17.1. The maximum absolute atomic E-state index is 11.9. The number of aliphatic hydroxyl groups excluding tert-OH is 1. The van der Waals surface area contributed by atoms with Gasteiger partial charge < -0.3 is 10.2 Å². The van der Waals surface area contributed by atoms with Gasteiger partial charge in [-0.15, -0.1) is 0 Å². The molecule has 0 saturated heterocycles. The van der Waals surface area contributed by atoms with E-state index in [1.807, 2.05) is 12.1 Å². The monoisotopic (exact) mass is 285 g/mol. The number of benzene rings is 1. The number of hydrogen-bond donors (Lipinski definition) is 3. The van der Waals surface area contributed by atoms with Gasteiger partial charge in [0.25, 0.3) is 0 Å². The average molecular weight is 285 g/mol. The van der Waals surface area contributed by atoms with Gasteiger partial charge in [-0.3, -0.25) is 4.79 Å². The number of sulfonamides is 1. The number of hydrogen-bond acceptors (Lipinski definition) is 4. The van der Waals surface area contributed by atoms with Gasteiger partial charge in [0.1, 0.15) is 0 Å². The van der Waals surface area contributed by atoms with Crippen molar-refractivity contribution in [3.63, 3.8) is 0 Å². The second kappa shape index (κ2) is 4.92. The largest absolute Gasteiger partial charge is 0.480 e. The van der Waals surface area contributed by atoms with Crippen molar-refractivity contribution >= 4 is 16.0 Å². The highest BCUT2D eigenvalue weighted by Crippen LogP contribution is 2.32. The summed E-state index contributed by atoms with van der Waals surface area (Å²) in [5.41, 5.74) is 1.56. The van der Waals surface area contributed by atoms with E-state index in [2.05, 4.69) is 4.72 Å². The van der Waals surface area contributed by atoms with Gasteiger partial charge in [0, 0.05) is 6.42 Å². The van der Waals surface area contributed by atoms with Crippen molar-refractivity contribution in [2.75, 3.05) is 0 Å². The Morgan fingerprint density at radius 3 is 2.68 bits per heavy atom. The molecule has 0 aliphatic heterocycles. The second-order valence-electron chi connectivity index (χ2n) is 4.59. The molecule has 0 heterocycles. The number of nitrogens with one attached hydrogen (secondary N) is 1. The van der Waals surface area contributed by atoms with E-state index in [-0.39, 0.29) is 0 Å². The Balaban J connectivity index is 2.27. The van der Waals surface area contributed by atoms with Crippen LogP contribution in [0.3, 0.4) is 0 Å². The number of carbonyl (C=O) groups is 1. The molecule has 7 heteroatoms. The molecule has 1 aromatic rings. The van der Waals surface area contributed by atoms with Crippen molar-refractivity contribution < 1.29 is 23.4 Å². The predicted octanol–water partition coefficient (Wildman–Crippen LogP) is 0.0372. The average Bonchev–Trinajstić information content (AvgIpc) is 2.65. The fourth-order valence-electron chi connectivity index (χ4n) is 2.13. The molecule has 1 aliphatic rings. The molecule has 0 amide bonds. The van der Waals surface area contributed by atoms with Crippen LogP contribution in [0.2, 0.25) is 0 Å². The summed E-state index contributed by atoms with van der Waals surface area (Å²) in [6.45, 7) is 1.10. The topological polar surface area (TPSA) is 104 Å². The zero-order valence-corrected chi connectivity index (χ0v) is 11.1. The Kier molecular flexibility index (Phi) is 3.62. The Hall–Kier alpha value is -1.44. The highest BCUT2D eigenvalue weighted by molar-refractivity contribution is 7.90. The van der Waals surface area contributed by atoms with Crippen molar-refractivity contribution in [1.29, 1.82) is 0 Å². The summed E-state index contributed by atoms with van der Waals surface area (Å²) in [5.74, 6) is -1.42. The van der Waals surface area contributed by atoms with Crippen LogP contribution in [0.4, 0.5) is 0 Å².